The first-order chi connectivity index (χ1) is 19.6. The van der Waals surface area contributed by atoms with Crippen molar-refractivity contribution in [3.8, 4) is 82.9 Å². The van der Waals surface area contributed by atoms with Crippen LogP contribution in [0.3, 0.4) is 0 Å². The first kappa shape index (κ1) is 35.8. The Labute approximate surface area is 241 Å². The van der Waals surface area contributed by atoms with Gasteiger partial charge in [0, 0.05) is 12.3 Å². The molecule has 5 nitrogen and oxygen atoms in total. The lowest BCUT2D eigenvalue weighted by Gasteiger charge is -2.14. The number of esters is 2. The SMILES string of the molecule is CC#CC#CC#CC#CC#CC#CC#CC(=O)OC[C@@H](CO)OC(=O)CCCCCCCCCCCCCCC. The molecule has 0 saturated carbocycles. The number of aliphatic hydroxyl groups is 1. The minimum Gasteiger partial charge on any atom is -0.456 e. The second-order valence-corrected chi connectivity index (χ2v) is 8.76. The molecule has 1 N–H and O–H groups in total. The predicted octanol–water partition coefficient (Wildman–Crippen LogP) is 4.96. The number of carbonyl (C=O) groups is 2. The number of hydrogen-bond donors (Lipinski definition) is 1. The van der Waals surface area contributed by atoms with Crippen LogP contribution < -0.4 is 0 Å². The van der Waals surface area contributed by atoms with E-state index in [2.05, 4.69) is 89.8 Å². The van der Waals surface area contributed by atoms with Gasteiger partial charge in [-0.25, -0.2) is 4.79 Å². The molecule has 0 aromatic heterocycles. The van der Waals surface area contributed by atoms with Crippen LogP contribution in [0.5, 0.6) is 0 Å². The van der Waals surface area contributed by atoms with Crippen molar-refractivity contribution in [3.63, 3.8) is 0 Å². The van der Waals surface area contributed by atoms with Crippen LogP contribution >= 0.6 is 0 Å². The first-order valence-electron chi connectivity index (χ1n) is 14.0. The highest BCUT2D eigenvalue weighted by Gasteiger charge is 2.15. The average Bonchev–Trinajstić information content (AvgIpc) is 2.96. The molecule has 0 saturated heterocycles. The molecule has 0 aromatic carbocycles. The molecule has 0 amide bonds. The Morgan fingerprint density at radius 2 is 1.05 bits per heavy atom. The van der Waals surface area contributed by atoms with Crippen LogP contribution in [0.25, 0.3) is 0 Å². The number of aliphatic hydroxyl groups excluding tert-OH is 1. The van der Waals surface area contributed by atoms with E-state index in [4.69, 9.17) is 9.47 Å². The molecule has 0 aromatic rings. The van der Waals surface area contributed by atoms with E-state index < -0.39 is 24.6 Å². The number of ether oxygens (including phenoxy) is 2. The molecule has 40 heavy (non-hydrogen) atoms. The minimum absolute atomic E-state index is 0.276. The van der Waals surface area contributed by atoms with Gasteiger partial charge in [0.2, 0.25) is 0 Å². The van der Waals surface area contributed by atoms with Gasteiger partial charge in [0.25, 0.3) is 0 Å². The van der Waals surface area contributed by atoms with Gasteiger partial charge in [-0.05, 0) is 84.4 Å². The molecule has 0 heterocycles. The molecule has 0 fully saturated rings. The van der Waals surface area contributed by atoms with E-state index in [1.165, 1.54) is 64.2 Å². The maximum atomic E-state index is 12.0. The van der Waals surface area contributed by atoms with E-state index >= 15 is 0 Å². The maximum absolute atomic E-state index is 12.0. The van der Waals surface area contributed by atoms with Crippen LogP contribution in [0.2, 0.25) is 0 Å². The van der Waals surface area contributed by atoms with Crippen LogP contribution in [-0.2, 0) is 19.1 Å². The van der Waals surface area contributed by atoms with Crippen LogP contribution in [0.4, 0.5) is 0 Å². The summed E-state index contributed by atoms with van der Waals surface area (Å²) in [6.07, 6.45) is 15.3. The summed E-state index contributed by atoms with van der Waals surface area (Å²) in [5.41, 5.74) is 0. The largest absolute Gasteiger partial charge is 0.456 e. The summed E-state index contributed by atoms with van der Waals surface area (Å²) in [6, 6.07) is 0. The van der Waals surface area contributed by atoms with E-state index in [1.54, 1.807) is 6.92 Å². The fourth-order valence-electron chi connectivity index (χ4n) is 3.32. The fraction of sp³-hybridized carbons (Fsp3) is 0.543. The molecule has 1 atom stereocenters. The molecule has 0 aliphatic carbocycles. The summed E-state index contributed by atoms with van der Waals surface area (Å²) in [5.74, 6) is 33.0. The standard InChI is InChI=1S/C35H40O5/c1-3-5-7-9-11-13-15-17-19-21-23-25-27-29-34(37)39-32-33(31-36)40-35(38)30-28-26-24-22-20-18-16-14-12-10-8-6-4-2/h33,36H,4,6,8,10,12,14,16,18,20,22,24,26,28,30-32H2,1-2H3/t33-/m1/s1. The molecule has 0 aliphatic rings. The van der Waals surface area contributed by atoms with Crippen molar-refractivity contribution in [1.29, 1.82) is 0 Å². The van der Waals surface area contributed by atoms with Crippen molar-refractivity contribution < 1.29 is 24.2 Å². The van der Waals surface area contributed by atoms with Crippen molar-refractivity contribution in [2.45, 2.75) is 110 Å². The second kappa shape index (κ2) is 29.4. The van der Waals surface area contributed by atoms with Crippen LogP contribution in [0.15, 0.2) is 0 Å². The van der Waals surface area contributed by atoms with Crippen molar-refractivity contribution in [2.75, 3.05) is 13.2 Å². The number of rotatable bonds is 18. The smallest absolute Gasteiger partial charge is 0.385 e. The van der Waals surface area contributed by atoms with E-state index in [9.17, 15) is 14.7 Å². The third-order valence-electron chi connectivity index (χ3n) is 5.36. The summed E-state index contributed by atoms with van der Waals surface area (Å²) in [6.45, 7) is 3.18. The molecule has 0 aliphatic heterocycles. The van der Waals surface area contributed by atoms with Gasteiger partial charge in [-0.1, -0.05) is 89.9 Å². The number of hydrogen-bond acceptors (Lipinski definition) is 5. The summed E-state index contributed by atoms with van der Waals surface area (Å²) < 4.78 is 10.1. The van der Waals surface area contributed by atoms with Crippen LogP contribution in [0.1, 0.15) is 104 Å². The number of unbranched alkanes of at least 4 members (excludes halogenated alkanes) is 12. The normalized spacial score (nSPS) is 9.18. The Bertz CT molecular complexity index is 1180. The molecule has 0 bridgehead atoms. The Kier molecular flexibility index (Phi) is 26.3. The summed E-state index contributed by atoms with van der Waals surface area (Å²) in [5, 5.41) is 9.40. The maximum Gasteiger partial charge on any atom is 0.385 e. The molecular formula is C35H40O5. The van der Waals surface area contributed by atoms with Crippen molar-refractivity contribution in [1.82, 2.24) is 0 Å². The Hall–Kier alpha value is -4.18. The minimum atomic E-state index is -0.926. The van der Waals surface area contributed by atoms with Crippen molar-refractivity contribution in [2.24, 2.45) is 0 Å². The fourth-order valence-corrected chi connectivity index (χ4v) is 3.32. The van der Waals surface area contributed by atoms with E-state index in [0.29, 0.717) is 0 Å². The van der Waals surface area contributed by atoms with Gasteiger partial charge in [-0.3, -0.25) is 4.79 Å². The third kappa shape index (κ3) is 26.9. The Morgan fingerprint density at radius 1 is 0.625 bits per heavy atom. The van der Waals surface area contributed by atoms with Gasteiger partial charge >= 0.3 is 11.9 Å². The van der Waals surface area contributed by atoms with E-state index in [-0.39, 0.29) is 13.0 Å². The van der Waals surface area contributed by atoms with Gasteiger partial charge in [-0.15, -0.1) is 0 Å². The zero-order valence-corrected chi connectivity index (χ0v) is 24.0. The lowest BCUT2D eigenvalue weighted by Crippen LogP contribution is -2.28. The summed E-state index contributed by atoms with van der Waals surface area (Å²) >= 11 is 0. The van der Waals surface area contributed by atoms with Crippen LogP contribution in [-0.4, -0.2) is 36.4 Å². The Balaban J connectivity index is 4.00. The monoisotopic (exact) mass is 540 g/mol. The summed E-state index contributed by atoms with van der Waals surface area (Å²) in [4.78, 5) is 23.7. The van der Waals surface area contributed by atoms with Gasteiger partial charge in [0.15, 0.2) is 6.10 Å². The lowest BCUT2D eigenvalue weighted by molar-refractivity contribution is -0.159. The lowest BCUT2D eigenvalue weighted by atomic mass is 10.0. The molecule has 0 radical (unpaired) electrons. The van der Waals surface area contributed by atoms with E-state index in [1.807, 2.05) is 0 Å². The quantitative estimate of drug-likeness (QED) is 0.115. The molecule has 0 rings (SSSR count). The highest BCUT2D eigenvalue weighted by atomic mass is 16.6. The average molecular weight is 541 g/mol. The number of carbonyl (C=O) groups excluding carboxylic acids is 2. The van der Waals surface area contributed by atoms with Crippen LogP contribution in [0, 0.1) is 82.9 Å². The molecule has 0 unspecified atom stereocenters. The molecular weight excluding hydrogens is 500 g/mol. The van der Waals surface area contributed by atoms with Gasteiger partial charge in [0.05, 0.1) is 6.61 Å². The van der Waals surface area contributed by atoms with Crippen molar-refractivity contribution >= 4 is 11.9 Å². The van der Waals surface area contributed by atoms with E-state index in [0.717, 1.165) is 19.3 Å². The molecule has 5 heteroatoms. The van der Waals surface area contributed by atoms with Crippen molar-refractivity contribution in [3.05, 3.63) is 0 Å². The molecule has 0 spiro atoms. The molecule has 210 valence electrons. The first-order valence-corrected chi connectivity index (χ1v) is 14.0. The third-order valence-corrected chi connectivity index (χ3v) is 5.36. The zero-order chi connectivity index (χ0) is 29.4. The predicted molar refractivity (Wildman–Crippen MR) is 158 cm³/mol. The zero-order valence-electron chi connectivity index (χ0n) is 24.0. The second-order valence-electron chi connectivity index (χ2n) is 8.76. The van der Waals surface area contributed by atoms with Gasteiger partial charge in [0.1, 0.15) is 6.61 Å². The summed E-state index contributed by atoms with van der Waals surface area (Å²) in [7, 11) is 0. The Morgan fingerprint density at radius 3 is 1.50 bits per heavy atom. The topological polar surface area (TPSA) is 72.8 Å². The van der Waals surface area contributed by atoms with Gasteiger partial charge < -0.3 is 14.6 Å². The highest BCUT2D eigenvalue weighted by Crippen LogP contribution is 2.13. The van der Waals surface area contributed by atoms with Gasteiger partial charge in [-0.2, -0.15) is 0 Å². The highest BCUT2D eigenvalue weighted by molar-refractivity contribution is 5.89.